The summed E-state index contributed by atoms with van der Waals surface area (Å²) in [6.45, 7) is -0.0955. The Hall–Kier alpha value is -1.43. The van der Waals surface area contributed by atoms with E-state index in [4.69, 9.17) is 4.74 Å². The highest BCUT2D eigenvalue weighted by molar-refractivity contribution is 5.93. The number of hydrogen-bond acceptors (Lipinski definition) is 2. The average molecular weight is 300 g/mol. The lowest BCUT2D eigenvalue weighted by molar-refractivity contribution is 0.0590. The van der Waals surface area contributed by atoms with Gasteiger partial charge in [0.2, 0.25) is 0 Å². The van der Waals surface area contributed by atoms with Gasteiger partial charge in [-0.1, -0.05) is 12.8 Å². The Balaban J connectivity index is 2.05. The molecule has 1 N–H and O–H groups in total. The molecule has 118 valence electrons. The summed E-state index contributed by atoms with van der Waals surface area (Å²) in [5.74, 6) is -0.453. The van der Waals surface area contributed by atoms with E-state index in [1.165, 1.54) is 12.1 Å². The van der Waals surface area contributed by atoms with Crippen molar-refractivity contribution < 1.29 is 18.3 Å². The molecule has 21 heavy (non-hydrogen) atoms. The van der Waals surface area contributed by atoms with Gasteiger partial charge in [-0.2, -0.15) is 8.78 Å². The van der Waals surface area contributed by atoms with Gasteiger partial charge in [0.1, 0.15) is 5.69 Å². The summed E-state index contributed by atoms with van der Waals surface area (Å²) in [6, 6.07) is 2.97. The number of rotatable bonds is 6. The normalized spacial score (nSPS) is 17.4. The van der Waals surface area contributed by atoms with Crippen LogP contribution in [0.2, 0.25) is 0 Å². The van der Waals surface area contributed by atoms with Crippen LogP contribution in [0.1, 0.15) is 48.4 Å². The maximum Gasteiger partial charge on any atom is 0.319 e. The van der Waals surface area contributed by atoms with Gasteiger partial charge in [-0.25, -0.2) is 0 Å². The Morgan fingerprint density at radius 3 is 2.67 bits per heavy atom. The van der Waals surface area contributed by atoms with Crippen molar-refractivity contribution in [2.24, 2.45) is 5.41 Å². The third-order valence-electron chi connectivity index (χ3n) is 4.29. The number of methoxy groups -OCH3 is 1. The van der Waals surface area contributed by atoms with E-state index in [2.05, 4.69) is 5.32 Å². The van der Waals surface area contributed by atoms with Crippen LogP contribution in [0.15, 0.2) is 12.1 Å². The highest BCUT2D eigenvalue weighted by Gasteiger charge is 2.34. The first-order valence-electron chi connectivity index (χ1n) is 7.22. The fourth-order valence-electron chi connectivity index (χ4n) is 3.16. The second-order valence-corrected chi connectivity index (χ2v) is 5.83. The number of carbonyl (C=O) groups is 1. The molecule has 1 saturated carbocycles. The zero-order valence-electron chi connectivity index (χ0n) is 12.5. The molecule has 0 spiro atoms. The highest BCUT2D eigenvalue weighted by Crippen LogP contribution is 2.37. The lowest BCUT2D eigenvalue weighted by Crippen LogP contribution is -2.39. The molecule has 1 fully saturated rings. The van der Waals surface area contributed by atoms with Crippen LogP contribution in [-0.2, 0) is 4.74 Å². The Morgan fingerprint density at radius 2 is 2.10 bits per heavy atom. The topological polar surface area (TPSA) is 43.3 Å². The number of nitrogens with one attached hydrogen (secondary N) is 1. The Labute approximate surface area is 123 Å². The van der Waals surface area contributed by atoms with Crippen LogP contribution in [0, 0.1) is 12.3 Å². The molecule has 0 atom stereocenters. The largest absolute Gasteiger partial charge is 0.384 e. The lowest BCUT2D eigenvalue weighted by atomic mass is 9.87. The first kappa shape index (κ1) is 15.9. The number of aromatic nitrogens is 1. The number of carbonyl (C=O) groups excluding carboxylic acids is 1. The van der Waals surface area contributed by atoms with Gasteiger partial charge in [0.15, 0.2) is 0 Å². The zero-order valence-corrected chi connectivity index (χ0v) is 12.5. The predicted octanol–water partition coefficient (Wildman–Crippen LogP) is 3.13. The van der Waals surface area contributed by atoms with Gasteiger partial charge in [-0.05, 0) is 31.9 Å². The summed E-state index contributed by atoms with van der Waals surface area (Å²) in [5, 5.41) is 2.80. The number of amides is 1. The van der Waals surface area contributed by atoms with Gasteiger partial charge in [0.05, 0.1) is 6.61 Å². The molecule has 0 aromatic carbocycles. The summed E-state index contributed by atoms with van der Waals surface area (Å²) in [7, 11) is 1.65. The van der Waals surface area contributed by atoms with E-state index in [0.29, 0.717) is 18.8 Å². The summed E-state index contributed by atoms with van der Waals surface area (Å²) in [5.41, 5.74) is 0.331. The molecular formula is C15H22F2N2O2. The molecule has 0 bridgehead atoms. The van der Waals surface area contributed by atoms with Gasteiger partial charge in [-0.3, -0.25) is 9.36 Å². The standard InChI is InChI=1S/C15H22F2N2O2/c1-11-5-6-12(19(11)14(16)17)13(20)18-9-15(10-21-2)7-3-4-8-15/h5-6,14H,3-4,7-10H2,1-2H3,(H,18,20). The van der Waals surface area contributed by atoms with Gasteiger partial charge in [0, 0.05) is 24.8 Å². The van der Waals surface area contributed by atoms with E-state index in [1.807, 2.05) is 0 Å². The predicted molar refractivity (Wildman–Crippen MR) is 75.5 cm³/mol. The van der Waals surface area contributed by atoms with Crippen molar-refractivity contribution in [1.29, 1.82) is 0 Å². The van der Waals surface area contributed by atoms with Crippen molar-refractivity contribution in [2.45, 2.75) is 39.2 Å². The van der Waals surface area contributed by atoms with E-state index < -0.39 is 12.5 Å². The number of ether oxygens (including phenoxy) is 1. The van der Waals surface area contributed by atoms with Crippen molar-refractivity contribution in [2.75, 3.05) is 20.3 Å². The smallest absolute Gasteiger partial charge is 0.319 e. The van der Waals surface area contributed by atoms with Crippen LogP contribution in [0.25, 0.3) is 0 Å². The number of nitrogens with zero attached hydrogens (tertiary/aromatic N) is 1. The molecule has 0 saturated heterocycles. The van der Waals surface area contributed by atoms with Crippen LogP contribution in [0.3, 0.4) is 0 Å². The third kappa shape index (κ3) is 3.43. The molecule has 0 radical (unpaired) electrons. The van der Waals surface area contributed by atoms with Gasteiger partial charge >= 0.3 is 6.55 Å². The van der Waals surface area contributed by atoms with Gasteiger partial charge in [-0.15, -0.1) is 0 Å². The van der Waals surface area contributed by atoms with Crippen molar-refractivity contribution in [1.82, 2.24) is 9.88 Å². The molecule has 1 aromatic rings. The van der Waals surface area contributed by atoms with Crippen LogP contribution < -0.4 is 5.32 Å². The first-order chi connectivity index (χ1) is 9.99. The van der Waals surface area contributed by atoms with Gasteiger partial charge in [0.25, 0.3) is 5.91 Å². The summed E-state index contributed by atoms with van der Waals surface area (Å²) >= 11 is 0. The zero-order chi connectivity index (χ0) is 15.5. The molecule has 6 heteroatoms. The molecule has 0 unspecified atom stereocenters. The molecule has 1 aliphatic carbocycles. The van der Waals surface area contributed by atoms with Crippen LogP contribution in [0.5, 0.6) is 0 Å². The Kier molecular flexibility index (Phi) is 4.98. The first-order valence-corrected chi connectivity index (χ1v) is 7.22. The van der Waals surface area contributed by atoms with E-state index in [-0.39, 0.29) is 11.1 Å². The monoisotopic (exact) mass is 300 g/mol. The van der Waals surface area contributed by atoms with E-state index >= 15 is 0 Å². The third-order valence-corrected chi connectivity index (χ3v) is 4.29. The SMILES string of the molecule is COCC1(CNC(=O)c2ccc(C)n2C(F)F)CCCC1. The second kappa shape index (κ2) is 6.56. The molecule has 4 nitrogen and oxygen atoms in total. The highest BCUT2D eigenvalue weighted by atomic mass is 19.3. The summed E-state index contributed by atoms with van der Waals surface area (Å²) in [4.78, 5) is 12.2. The van der Waals surface area contributed by atoms with Crippen molar-refractivity contribution in [3.05, 3.63) is 23.5 Å². The van der Waals surface area contributed by atoms with Crippen molar-refractivity contribution >= 4 is 5.91 Å². The van der Waals surface area contributed by atoms with Crippen molar-refractivity contribution in [3.8, 4) is 0 Å². The number of halogens is 2. The number of alkyl halides is 2. The molecule has 1 amide bonds. The van der Waals surface area contributed by atoms with Gasteiger partial charge < -0.3 is 10.1 Å². The summed E-state index contributed by atoms with van der Waals surface area (Å²) in [6.07, 6.45) is 4.23. The number of aryl methyl sites for hydroxylation is 1. The molecule has 1 heterocycles. The maximum absolute atomic E-state index is 13.0. The Morgan fingerprint density at radius 1 is 1.43 bits per heavy atom. The molecular weight excluding hydrogens is 278 g/mol. The lowest BCUT2D eigenvalue weighted by Gasteiger charge is -2.28. The van der Waals surface area contributed by atoms with Crippen LogP contribution >= 0.6 is 0 Å². The molecule has 1 aliphatic rings. The van der Waals surface area contributed by atoms with Crippen LogP contribution in [-0.4, -0.2) is 30.7 Å². The van der Waals surface area contributed by atoms with E-state index in [9.17, 15) is 13.6 Å². The second-order valence-electron chi connectivity index (χ2n) is 5.83. The van der Waals surface area contributed by atoms with E-state index in [1.54, 1.807) is 14.0 Å². The fourth-order valence-corrected chi connectivity index (χ4v) is 3.16. The summed E-state index contributed by atoms with van der Waals surface area (Å²) < 4.78 is 32.0. The van der Waals surface area contributed by atoms with Crippen LogP contribution in [0.4, 0.5) is 8.78 Å². The maximum atomic E-state index is 13.0. The molecule has 1 aromatic heterocycles. The molecule has 0 aliphatic heterocycles. The van der Waals surface area contributed by atoms with Crippen molar-refractivity contribution in [3.63, 3.8) is 0 Å². The Bertz CT molecular complexity index is 494. The molecule has 2 rings (SSSR count). The quantitative estimate of drug-likeness (QED) is 0.877. The minimum atomic E-state index is -2.71. The number of hydrogen-bond donors (Lipinski definition) is 1. The fraction of sp³-hybridized carbons (Fsp3) is 0.667. The minimum Gasteiger partial charge on any atom is -0.384 e. The van der Waals surface area contributed by atoms with E-state index in [0.717, 1.165) is 30.3 Å². The average Bonchev–Trinajstić information content (AvgIpc) is 3.04. The minimum absolute atomic E-state index is 0.00747.